The summed E-state index contributed by atoms with van der Waals surface area (Å²) >= 11 is 0. The molecule has 372 valence electrons. The Kier molecular flexibility index (Phi) is 13.9. The summed E-state index contributed by atoms with van der Waals surface area (Å²) in [5.74, 6) is -3.22. The fourth-order valence-corrected chi connectivity index (χ4v) is 10.1. The number of carbonyl (C=O) groups excluding carboxylic acids is 2. The summed E-state index contributed by atoms with van der Waals surface area (Å²) in [4.78, 5) is 22.8. The Balaban J connectivity index is 1.05. The first-order valence-corrected chi connectivity index (χ1v) is 26.6. The van der Waals surface area contributed by atoms with E-state index >= 15 is 0 Å². The standard InChI is InChI=1S/C49H36N4O16S4/c54-46-38(41(72(64,65)66)24-33-22-36(70(58,59)60)26-39(43(33)46)50-48(56)31-7-3-1-4-8-31)20-17-28-11-13-29(14-12-28)21-30-15-18-35(19-16-30)52-53-45-42(73(67,68)69)25-34-23-37(71(61,62)63)27-40(44(34)47(45)55)51-49(57)32-9-5-2-6-10-32/h1-20,22-27,54-55H,21H2,(H,50,56)(H,51,57)(H,58,59,60)(H,61,62,63)(H,64,65,66)(H,67,68,69)/p-1/b20-17+,53-52?. The number of hydrogen-bond donors (Lipinski definition) is 7. The highest BCUT2D eigenvalue weighted by atomic mass is 32.2. The number of carbonyl (C=O) groups is 2. The molecule has 8 aromatic carbocycles. The Morgan fingerprint density at radius 2 is 0.973 bits per heavy atom. The average molecular weight is 1060 g/mol. The van der Waals surface area contributed by atoms with Crippen molar-refractivity contribution in [3.05, 3.63) is 179 Å². The van der Waals surface area contributed by atoms with Gasteiger partial charge in [-0.3, -0.25) is 23.2 Å². The van der Waals surface area contributed by atoms with Gasteiger partial charge < -0.3 is 25.4 Å². The highest BCUT2D eigenvalue weighted by Gasteiger charge is 2.26. The van der Waals surface area contributed by atoms with Crippen molar-refractivity contribution in [2.45, 2.75) is 26.0 Å². The summed E-state index contributed by atoms with van der Waals surface area (Å²) in [7, 11) is -20.4. The molecular formula is C49H35N4O16S4-. The zero-order chi connectivity index (χ0) is 52.6. The Morgan fingerprint density at radius 1 is 0.521 bits per heavy atom. The van der Waals surface area contributed by atoms with Crippen molar-refractivity contribution < 1.29 is 71.7 Å². The van der Waals surface area contributed by atoms with Gasteiger partial charge in [-0.25, -0.2) is 8.42 Å². The van der Waals surface area contributed by atoms with E-state index in [1.807, 2.05) is 0 Å². The van der Waals surface area contributed by atoms with Crippen LogP contribution in [0.2, 0.25) is 0 Å². The maximum atomic E-state index is 13.1. The largest absolute Gasteiger partial charge is 0.744 e. The van der Waals surface area contributed by atoms with Crippen molar-refractivity contribution in [2.24, 2.45) is 10.2 Å². The molecule has 0 radical (unpaired) electrons. The van der Waals surface area contributed by atoms with E-state index in [-0.39, 0.29) is 49.7 Å². The number of aromatic hydroxyl groups is 2. The van der Waals surface area contributed by atoms with Gasteiger partial charge in [-0.05, 0) is 113 Å². The number of azo groups is 1. The molecular weight excluding hydrogens is 1030 g/mol. The summed E-state index contributed by atoms with van der Waals surface area (Å²) in [5.41, 5.74) is 0.459. The van der Waals surface area contributed by atoms with Gasteiger partial charge in [0.1, 0.15) is 26.5 Å². The number of hydrogen-bond acceptors (Lipinski definition) is 15. The number of amides is 2. The molecule has 73 heavy (non-hydrogen) atoms. The molecule has 0 unspecified atom stereocenters. The van der Waals surface area contributed by atoms with Gasteiger partial charge in [-0.15, -0.1) is 5.11 Å². The molecule has 0 aliphatic rings. The molecule has 7 N–H and O–H groups in total. The molecule has 0 spiro atoms. The van der Waals surface area contributed by atoms with Crippen molar-refractivity contribution in [1.29, 1.82) is 0 Å². The molecule has 0 saturated heterocycles. The molecule has 0 aliphatic carbocycles. The maximum Gasteiger partial charge on any atom is 0.295 e. The third-order valence-electron chi connectivity index (χ3n) is 11.1. The summed E-state index contributed by atoms with van der Waals surface area (Å²) in [6.45, 7) is 0. The van der Waals surface area contributed by atoms with Crippen LogP contribution in [0.15, 0.2) is 175 Å². The van der Waals surface area contributed by atoms with E-state index in [4.69, 9.17) is 0 Å². The molecule has 0 fully saturated rings. The van der Waals surface area contributed by atoms with E-state index in [2.05, 4.69) is 20.9 Å². The van der Waals surface area contributed by atoms with Crippen LogP contribution in [0.1, 0.15) is 43.0 Å². The lowest BCUT2D eigenvalue weighted by molar-refractivity contribution is 0.101. The topological polar surface area (TPSA) is 344 Å². The lowest BCUT2D eigenvalue weighted by Crippen LogP contribution is -2.13. The van der Waals surface area contributed by atoms with E-state index in [1.54, 1.807) is 72.8 Å². The number of benzene rings is 8. The highest BCUT2D eigenvalue weighted by molar-refractivity contribution is 7.86. The number of rotatable bonds is 14. The fourth-order valence-electron chi connectivity index (χ4n) is 7.62. The van der Waals surface area contributed by atoms with Crippen LogP contribution in [-0.2, 0) is 46.9 Å². The van der Waals surface area contributed by atoms with E-state index in [0.29, 0.717) is 12.0 Å². The molecule has 0 aromatic heterocycles. The Morgan fingerprint density at radius 3 is 1.42 bits per heavy atom. The molecule has 8 aromatic rings. The first kappa shape index (κ1) is 51.2. The molecule has 0 bridgehead atoms. The van der Waals surface area contributed by atoms with Crippen molar-refractivity contribution >= 4 is 109 Å². The number of phenols is 2. The normalized spacial score (nSPS) is 12.4. The van der Waals surface area contributed by atoms with E-state index in [9.17, 15) is 71.7 Å². The lowest BCUT2D eigenvalue weighted by atomic mass is 10.0. The van der Waals surface area contributed by atoms with E-state index < -0.39 is 94.6 Å². The third kappa shape index (κ3) is 11.5. The Bertz CT molecular complexity index is 3820. The summed E-state index contributed by atoms with van der Waals surface area (Å²) in [5, 5.41) is 34.7. The molecule has 8 rings (SSSR count). The van der Waals surface area contributed by atoms with Crippen LogP contribution in [-0.4, -0.2) is 73.9 Å². The third-order valence-corrected chi connectivity index (χ3v) is 14.5. The van der Waals surface area contributed by atoms with Gasteiger partial charge in [0.25, 0.3) is 42.2 Å². The summed E-state index contributed by atoms with van der Waals surface area (Å²) < 4.78 is 141. The van der Waals surface area contributed by atoms with E-state index in [0.717, 1.165) is 47.5 Å². The van der Waals surface area contributed by atoms with Gasteiger partial charge in [0.05, 0.1) is 31.7 Å². The second-order valence-corrected chi connectivity index (χ2v) is 21.6. The second kappa shape index (κ2) is 19.8. The first-order valence-electron chi connectivity index (χ1n) is 20.9. The van der Waals surface area contributed by atoms with E-state index in [1.165, 1.54) is 48.6 Å². The van der Waals surface area contributed by atoms with Gasteiger partial charge in [-0.1, -0.05) is 78.9 Å². The fraction of sp³-hybridized carbons (Fsp3) is 0.0204. The van der Waals surface area contributed by atoms with Gasteiger partial charge in [0.2, 0.25) is 0 Å². The number of nitrogens with zero attached hydrogens (tertiary/aromatic N) is 2. The lowest BCUT2D eigenvalue weighted by Gasteiger charge is -2.17. The van der Waals surface area contributed by atoms with Crippen LogP contribution in [0, 0.1) is 0 Å². The van der Waals surface area contributed by atoms with Crippen molar-refractivity contribution in [2.75, 3.05) is 10.6 Å². The highest BCUT2D eigenvalue weighted by Crippen LogP contribution is 2.46. The van der Waals surface area contributed by atoms with Crippen LogP contribution in [0.5, 0.6) is 11.5 Å². The predicted molar refractivity (Wildman–Crippen MR) is 266 cm³/mol. The van der Waals surface area contributed by atoms with Crippen LogP contribution in [0.3, 0.4) is 0 Å². The molecule has 0 atom stereocenters. The molecule has 2 amide bonds. The van der Waals surface area contributed by atoms with Gasteiger partial charge in [0.15, 0.2) is 5.75 Å². The first-order chi connectivity index (χ1) is 34.3. The van der Waals surface area contributed by atoms with Gasteiger partial charge in [0, 0.05) is 27.5 Å². The Labute approximate surface area is 415 Å². The van der Waals surface area contributed by atoms with Gasteiger partial charge >= 0.3 is 0 Å². The quantitative estimate of drug-likeness (QED) is 0.0304. The smallest absolute Gasteiger partial charge is 0.295 e. The monoisotopic (exact) mass is 1060 g/mol. The predicted octanol–water partition coefficient (Wildman–Crippen LogP) is 8.73. The molecule has 0 aliphatic heterocycles. The minimum absolute atomic E-state index is 0.118. The molecule has 0 heterocycles. The zero-order valence-electron chi connectivity index (χ0n) is 37.0. The van der Waals surface area contributed by atoms with Crippen molar-refractivity contribution in [3.8, 4) is 11.5 Å². The zero-order valence-corrected chi connectivity index (χ0v) is 40.2. The Hall–Kier alpha value is -8.20. The number of phenolic OH excluding ortho intramolecular Hbond substituents is 2. The molecule has 20 nitrogen and oxygen atoms in total. The van der Waals surface area contributed by atoms with Crippen LogP contribution >= 0.6 is 0 Å². The SMILES string of the molecule is O=C(Nc1cc(S(=O)(=O)O)cc2cc(S(=O)(=O)O)c(/C=C/c3ccc(Cc4ccc(N=Nc5c(S(=O)(=O)[O-])cc6cc(S(=O)(=O)O)cc(NC(=O)c7ccccc7)c6c5O)cc4)cc3)c(O)c12)c1ccccc1. The minimum Gasteiger partial charge on any atom is -0.744 e. The second-order valence-electron chi connectivity index (χ2n) is 16.0. The summed E-state index contributed by atoms with van der Waals surface area (Å²) in [6.07, 6.45) is 2.95. The van der Waals surface area contributed by atoms with Crippen molar-refractivity contribution in [1.82, 2.24) is 0 Å². The maximum absolute atomic E-state index is 13.1. The molecule has 24 heteroatoms. The minimum atomic E-state index is -5.43. The number of nitrogens with one attached hydrogen (secondary N) is 2. The van der Waals surface area contributed by atoms with Crippen molar-refractivity contribution in [3.63, 3.8) is 0 Å². The molecule has 0 saturated carbocycles. The number of fused-ring (bicyclic) bond motifs is 2. The van der Waals surface area contributed by atoms with Gasteiger partial charge in [-0.2, -0.15) is 30.4 Å². The van der Waals surface area contributed by atoms with Crippen LogP contribution in [0.4, 0.5) is 22.7 Å². The number of anilines is 2. The van der Waals surface area contributed by atoms with Crippen LogP contribution in [0.25, 0.3) is 33.7 Å². The summed E-state index contributed by atoms with van der Waals surface area (Å²) in [6, 6.07) is 33.4. The average Bonchev–Trinajstić information content (AvgIpc) is 3.33. The van der Waals surface area contributed by atoms with Crippen LogP contribution < -0.4 is 10.6 Å².